The first-order chi connectivity index (χ1) is 9.00. The van der Waals surface area contributed by atoms with E-state index in [1.165, 1.54) is 0 Å². The lowest BCUT2D eigenvalue weighted by molar-refractivity contribution is -0.110. The Morgan fingerprint density at radius 1 is 1.32 bits per heavy atom. The van der Waals surface area contributed by atoms with Crippen molar-refractivity contribution in [2.75, 3.05) is 14.2 Å². The number of fused-ring (bicyclic) bond motifs is 1. The average molecular weight is 262 g/mol. The molecule has 2 aliphatic carbocycles. The highest BCUT2D eigenvalue weighted by atomic mass is 16.7. The van der Waals surface area contributed by atoms with Crippen LogP contribution in [0.5, 0.6) is 0 Å². The third-order valence-corrected chi connectivity index (χ3v) is 4.26. The number of ether oxygens (including phenoxy) is 2. The molecule has 0 heterocycles. The van der Waals surface area contributed by atoms with Gasteiger partial charge in [-0.2, -0.15) is 0 Å². The molecule has 2 unspecified atom stereocenters. The Kier molecular flexibility index (Phi) is 4.07. The fourth-order valence-corrected chi connectivity index (χ4v) is 2.84. The van der Waals surface area contributed by atoms with Crippen LogP contribution in [0.2, 0.25) is 0 Å². The van der Waals surface area contributed by atoms with Crippen molar-refractivity contribution in [3.63, 3.8) is 0 Å². The van der Waals surface area contributed by atoms with Crippen LogP contribution in [0.1, 0.15) is 26.7 Å². The number of carbonyl (C=O) groups is 1. The van der Waals surface area contributed by atoms with Crippen molar-refractivity contribution >= 4 is 5.78 Å². The topological polar surface area (TPSA) is 35.5 Å². The van der Waals surface area contributed by atoms with Crippen LogP contribution in [0, 0.1) is 11.3 Å². The van der Waals surface area contributed by atoms with E-state index in [9.17, 15) is 4.79 Å². The molecule has 0 spiro atoms. The van der Waals surface area contributed by atoms with Crippen molar-refractivity contribution in [3.05, 3.63) is 35.5 Å². The number of carbonyl (C=O) groups excluding carboxylic acids is 1. The number of methoxy groups -OCH3 is 2. The maximum Gasteiger partial charge on any atom is 0.179 e. The second kappa shape index (κ2) is 5.43. The molecule has 0 aliphatic heterocycles. The molecule has 0 aromatic heterocycles. The molecular formula is C16H22O3. The molecule has 3 heteroatoms. The second-order valence-corrected chi connectivity index (χ2v) is 5.64. The Bertz CT molecular complexity index is 455. The first-order valence-corrected chi connectivity index (χ1v) is 6.72. The Morgan fingerprint density at radius 2 is 2.00 bits per heavy atom. The molecule has 2 aliphatic rings. The highest BCUT2D eigenvalue weighted by molar-refractivity contribution is 6.01. The number of hydrogen-bond donors (Lipinski definition) is 0. The van der Waals surface area contributed by atoms with Crippen molar-refractivity contribution in [1.29, 1.82) is 0 Å². The molecule has 2 rings (SSSR count). The lowest BCUT2D eigenvalue weighted by Crippen LogP contribution is -2.20. The van der Waals surface area contributed by atoms with Crippen molar-refractivity contribution in [2.24, 2.45) is 11.3 Å². The van der Waals surface area contributed by atoms with Crippen LogP contribution in [0.25, 0.3) is 0 Å². The summed E-state index contributed by atoms with van der Waals surface area (Å²) in [6.45, 7) is 4.37. The summed E-state index contributed by atoms with van der Waals surface area (Å²) in [5.41, 5.74) is 2.14. The number of allylic oxidation sites excluding steroid dienone is 5. The summed E-state index contributed by atoms with van der Waals surface area (Å²) in [4.78, 5) is 11.6. The highest BCUT2D eigenvalue weighted by Gasteiger charge is 2.34. The molecule has 0 aromatic rings. The zero-order valence-electron chi connectivity index (χ0n) is 12.1. The SMILES string of the molecule is COC(OC)C1=CC2=CC(=O)C=CC2(C)CCC1C. The second-order valence-electron chi connectivity index (χ2n) is 5.64. The van der Waals surface area contributed by atoms with E-state index in [0.29, 0.717) is 5.92 Å². The molecule has 0 bridgehead atoms. The highest BCUT2D eigenvalue weighted by Crippen LogP contribution is 2.43. The minimum absolute atomic E-state index is 0.0457. The van der Waals surface area contributed by atoms with E-state index >= 15 is 0 Å². The third-order valence-electron chi connectivity index (χ3n) is 4.26. The van der Waals surface area contributed by atoms with Crippen molar-refractivity contribution in [2.45, 2.75) is 33.0 Å². The summed E-state index contributed by atoms with van der Waals surface area (Å²) < 4.78 is 10.8. The molecule has 0 fully saturated rings. The van der Waals surface area contributed by atoms with Crippen LogP contribution < -0.4 is 0 Å². The Balaban J connectivity index is 2.43. The third kappa shape index (κ3) is 2.72. The fourth-order valence-electron chi connectivity index (χ4n) is 2.84. The van der Waals surface area contributed by atoms with Gasteiger partial charge in [-0.25, -0.2) is 0 Å². The Hall–Kier alpha value is -1.19. The lowest BCUT2D eigenvalue weighted by Gasteiger charge is -2.28. The standard InChI is InChI=1S/C16H22O3/c1-11-5-7-16(2)8-6-13(17)9-12(16)10-14(11)15(18-3)19-4/h6,8-11,15H,5,7H2,1-4H3. The molecule has 0 amide bonds. The molecular weight excluding hydrogens is 240 g/mol. The van der Waals surface area contributed by atoms with E-state index in [2.05, 4.69) is 19.9 Å². The monoisotopic (exact) mass is 262 g/mol. The van der Waals surface area contributed by atoms with Crippen LogP contribution in [0.3, 0.4) is 0 Å². The average Bonchev–Trinajstić information content (AvgIpc) is 2.51. The van der Waals surface area contributed by atoms with Crippen molar-refractivity contribution in [1.82, 2.24) is 0 Å². The molecule has 2 atom stereocenters. The summed E-state index contributed by atoms with van der Waals surface area (Å²) in [5.74, 6) is 0.445. The summed E-state index contributed by atoms with van der Waals surface area (Å²) in [7, 11) is 3.29. The smallest absolute Gasteiger partial charge is 0.179 e. The van der Waals surface area contributed by atoms with Gasteiger partial charge in [-0.3, -0.25) is 4.79 Å². The number of hydrogen-bond acceptors (Lipinski definition) is 3. The van der Waals surface area contributed by atoms with Gasteiger partial charge in [0.05, 0.1) is 0 Å². The Morgan fingerprint density at radius 3 is 2.63 bits per heavy atom. The molecule has 0 saturated heterocycles. The first-order valence-electron chi connectivity index (χ1n) is 6.72. The fraction of sp³-hybridized carbons (Fsp3) is 0.562. The van der Waals surface area contributed by atoms with E-state index in [4.69, 9.17) is 9.47 Å². The van der Waals surface area contributed by atoms with E-state index in [0.717, 1.165) is 24.0 Å². The van der Waals surface area contributed by atoms with E-state index in [1.54, 1.807) is 26.4 Å². The summed E-state index contributed by atoms with van der Waals surface area (Å²) >= 11 is 0. The molecule has 104 valence electrons. The van der Waals surface area contributed by atoms with Gasteiger partial charge in [0.15, 0.2) is 12.1 Å². The summed E-state index contributed by atoms with van der Waals surface area (Å²) in [6.07, 6.45) is 9.30. The minimum atomic E-state index is -0.334. The predicted octanol–water partition coefficient (Wildman–Crippen LogP) is 3.03. The minimum Gasteiger partial charge on any atom is -0.352 e. The van der Waals surface area contributed by atoms with Gasteiger partial charge in [-0.15, -0.1) is 0 Å². The van der Waals surface area contributed by atoms with Gasteiger partial charge in [-0.1, -0.05) is 26.0 Å². The van der Waals surface area contributed by atoms with E-state index in [1.807, 2.05) is 6.08 Å². The largest absolute Gasteiger partial charge is 0.352 e. The van der Waals surface area contributed by atoms with Crippen LogP contribution >= 0.6 is 0 Å². The molecule has 0 radical (unpaired) electrons. The summed E-state index contributed by atoms with van der Waals surface area (Å²) in [6, 6.07) is 0. The lowest BCUT2D eigenvalue weighted by atomic mass is 9.75. The number of rotatable bonds is 3. The molecule has 0 N–H and O–H groups in total. The van der Waals surface area contributed by atoms with Crippen LogP contribution in [-0.4, -0.2) is 26.3 Å². The predicted molar refractivity (Wildman–Crippen MR) is 74.6 cm³/mol. The van der Waals surface area contributed by atoms with Crippen LogP contribution in [0.4, 0.5) is 0 Å². The maximum atomic E-state index is 11.6. The normalized spacial score (nSPS) is 30.8. The van der Waals surface area contributed by atoms with Gasteiger partial charge in [0.1, 0.15) is 0 Å². The molecule has 0 aromatic carbocycles. The maximum absolute atomic E-state index is 11.6. The molecule has 3 nitrogen and oxygen atoms in total. The van der Waals surface area contributed by atoms with Gasteiger partial charge in [0, 0.05) is 19.6 Å². The quantitative estimate of drug-likeness (QED) is 0.733. The van der Waals surface area contributed by atoms with E-state index in [-0.39, 0.29) is 17.5 Å². The molecule has 19 heavy (non-hydrogen) atoms. The van der Waals surface area contributed by atoms with Gasteiger partial charge in [-0.05, 0) is 42.1 Å². The van der Waals surface area contributed by atoms with E-state index < -0.39 is 0 Å². The van der Waals surface area contributed by atoms with Gasteiger partial charge in [0.25, 0.3) is 0 Å². The first kappa shape index (κ1) is 14.2. The number of ketones is 1. The molecule has 0 saturated carbocycles. The van der Waals surface area contributed by atoms with Gasteiger partial charge >= 0.3 is 0 Å². The summed E-state index contributed by atoms with van der Waals surface area (Å²) in [5, 5.41) is 0. The van der Waals surface area contributed by atoms with Crippen LogP contribution in [0.15, 0.2) is 35.5 Å². The zero-order valence-corrected chi connectivity index (χ0v) is 12.1. The van der Waals surface area contributed by atoms with Crippen molar-refractivity contribution < 1.29 is 14.3 Å². The van der Waals surface area contributed by atoms with Gasteiger partial charge in [0.2, 0.25) is 0 Å². The van der Waals surface area contributed by atoms with Crippen molar-refractivity contribution in [3.8, 4) is 0 Å². The van der Waals surface area contributed by atoms with Crippen LogP contribution in [-0.2, 0) is 14.3 Å². The Labute approximate surface area is 115 Å². The van der Waals surface area contributed by atoms with Gasteiger partial charge < -0.3 is 9.47 Å². The zero-order chi connectivity index (χ0) is 14.0.